The topological polar surface area (TPSA) is 59.8 Å². The summed E-state index contributed by atoms with van der Waals surface area (Å²) in [5, 5.41) is 7.87. The van der Waals surface area contributed by atoms with Crippen LogP contribution < -0.4 is 5.32 Å². The number of carbonyl (C=O) groups is 1. The van der Waals surface area contributed by atoms with Crippen molar-refractivity contribution in [1.29, 1.82) is 0 Å². The summed E-state index contributed by atoms with van der Waals surface area (Å²) in [7, 11) is 1.88. The number of rotatable bonds is 6. The van der Waals surface area contributed by atoms with E-state index < -0.39 is 0 Å². The molecule has 0 atom stereocenters. The van der Waals surface area contributed by atoms with Gasteiger partial charge in [0.2, 0.25) is 5.91 Å². The summed E-state index contributed by atoms with van der Waals surface area (Å²) in [4.78, 5) is 16.5. The molecule has 6 heteroatoms. The fourth-order valence-electron chi connectivity index (χ4n) is 2.88. The summed E-state index contributed by atoms with van der Waals surface area (Å²) >= 11 is 1.79. The minimum Gasteiger partial charge on any atom is -0.351 e. The normalized spacial score (nSPS) is 15.0. The van der Waals surface area contributed by atoms with Gasteiger partial charge in [-0.1, -0.05) is 18.9 Å². The molecule has 23 heavy (non-hydrogen) atoms. The molecule has 1 N–H and O–H groups in total. The maximum Gasteiger partial charge on any atom is 0.230 e. The van der Waals surface area contributed by atoms with Crippen LogP contribution in [0.3, 0.4) is 0 Å². The Morgan fingerprint density at radius 1 is 1.43 bits per heavy atom. The maximum atomic E-state index is 12.1. The van der Waals surface area contributed by atoms with Crippen molar-refractivity contribution in [2.24, 2.45) is 7.05 Å². The Labute approximate surface area is 140 Å². The number of amides is 1. The Morgan fingerprint density at radius 3 is 3.00 bits per heavy atom. The monoisotopic (exact) mass is 330 g/mol. The van der Waals surface area contributed by atoms with E-state index in [1.807, 2.05) is 25.4 Å². The summed E-state index contributed by atoms with van der Waals surface area (Å²) in [6.07, 6.45) is 10.6. The second-order valence-electron chi connectivity index (χ2n) is 5.91. The zero-order chi connectivity index (χ0) is 16.1. The van der Waals surface area contributed by atoms with E-state index >= 15 is 0 Å². The molecule has 0 saturated heterocycles. The lowest BCUT2D eigenvalue weighted by Gasteiger charge is -2.10. The molecule has 2 heterocycles. The van der Waals surface area contributed by atoms with Crippen LogP contribution in [-0.2, 0) is 18.4 Å². The molecule has 1 aliphatic rings. The van der Waals surface area contributed by atoms with E-state index in [9.17, 15) is 4.79 Å². The van der Waals surface area contributed by atoms with Crippen LogP contribution >= 0.6 is 11.8 Å². The largest absolute Gasteiger partial charge is 0.351 e. The molecule has 1 fully saturated rings. The average molecular weight is 330 g/mol. The van der Waals surface area contributed by atoms with E-state index in [0.717, 1.165) is 16.8 Å². The second kappa shape index (κ2) is 7.64. The molecule has 0 radical (unpaired) electrons. The first-order chi connectivity index (χ1) is 11.2. The van der Waals surface area contributed by atoms with E-state index in [-0.39, 0.29) is 5.91 Å². The standard InChI is InChI=1S/C17H22N4OS/c1-21-11-14(10-20-21)17-13(5-4-8-18-17)9-19-16(22)12-23-15-6-2-3-7-15/h4-5,8,10-11,15H,2-3,6-7,9,12H2,1H3,(H,19,22). The molecular formula is C17H22N4OS. The summed E-state index contributed by atoms with van der Waals surface area (Å²) in [6.45, 7) is 0.502. The van der Waals surface area contributed by atoms with Crippen LogP contribution in [-0.4, -0.2) is 31.7 Å². The van der Waals surface area contributed by atoms with Gasteiger partial charge in [0.25, 0.3) is 0 Å². The van der Waals surface area contributed by atoms with Gasteiger partial charge in [0.05, 0.1) is 17.6 Å². The number of aryl methyl sites for hydroxylation is 1. The molecule has 0 aromatic carbocycles. The van der Waals surface area contributed by atoms with Gasteiger partial charge in [-0.3, -0.25) is 14.5 Å². The summed E-state index contributed by atoms with van der Waals surface area (Å²) in [6, 6.07) is 3.90. The molecule has 2 aromatic heterocycles. The molecule has 122 valence electrons. The van der Waals surface area contributed by atoms with Gasteiger partial charge in [0.15, 0.2) is 0 Å². The highest BCUT2D eigenvalue weighted by molar-refractivity contribution is 8.00. The Morgan fingerprint density at radius 2 is 2.26 bits per heavy atom. The molecule has 3 rings (SSSR count). The summed E-state index contributed by atoms with van der Waals surface area (Å²) < 4.78 is 1.75. The number of nitrogens with one attached hydrogen (secondary N) is 1. The molecule has 0 spiro atoms. The van der Waals surface area contributed by atoms with Crippen LogP contribution in [0.5, 0.6) is 0 Å². The van der Waals surface area contributed by atoms with E-state index in [1.165, 1.54) is 25.7 Å². The van der Waals surface area contributed by atoms with Gasteiger partial charge in [-0.2, -0.15) is 5.10 Å². The van der Waals surface area contributed by atoms with E-state index in [4.69, 9.17) is 0 Å². The van der Waals surface area contributed by atoms with Gasteiger partial charge in [-0.15, -0.1) is 11.8 Å². The van der Waals surface area contributed by atoms with Crippen LogP contribution in [0, 0.1) is 0 Å². The molecule has 1 aliphatic carbocycles. The third kappa shape index (κ3) is 4.34. The van der Waals surface area contributed by atoms with E-state index in [0.29, 0.717) is 17.5 Å². The molecule has 1 saturated carbocycles. The highest BCUT2D eigenvalue weighted by Gasteiger charge is 2.17. The fraction of sp³-hybridized carbons (Fsp3) is 0.471. The van der Waals surface area contributed by atoms with Crippen molar-refractivity contribution in [2.75, 3.05) is 5.75 Å². The van der Waals surface area contributed by atoms with Gasteiger partial charge in [0, 0.05) is 36.8 Å². The summed E-state index contributed by atoms with van der Waals surface area (Å²) in [5.74, 6) is 0.649. The Hall–Kier alpha value is -1.82. The number of hydrogen-bond donors (Lipinski definition) is 1. The van der Waals surface area contributed by atoms with Crippen molar-refractivity contribution in [3.05, 3.63) is 36.3 Å². The van der Waals surface area contributed by atoms with Crippen molar-refractivity contribution in [1.82, 2.24) is 20.1 Å². The van der Waals surface area contributed by atoms with Crippen LogP contribution in [0.25, 0.3) is 11.3 Å². The predicted octanol–water partition coefficient (Wildman–Crippen LogP) is 2.77. The summed E-state index contributed by atoms with van der Waals surface area (Å²) in [5.41, 5.74) is 2.86. The highest BCUT2D eigenvalue weighted by atomic mass is 32.2. The lowest BCUT2D eigenvalue weighted by atomic mass is 10.1. The minimum absolute atomic E-state index is 0.0999. The van der Waals surface area contributed by atoms with Gasteiger partial charge < -0.3 is 5.32 Å². The number of carbonyl (C=O) groups excluding carboxylic acids is 1. The van der Waals surface area contributed by atoms with E-state index in [2.05, 4.69) is 15.4 Å². The minimum atomic E-state index is 0.0999. The number of pyridine rings is 1. The number of nitrogens with zero attached hydrogens (tertiary/aromatic N) is 3. The molecule has 0 aliphatic heterocycles. The first-order valence-corrected chi connectivity index (χ1v) is 9.08. The van der Waals surface area contributed by atoms with Crippen molar-refractivity contribution in [3.63, 3.8) is 0 Å². The molecule has 2 aromatic rings. The van der Waals surface area contributed by atoms with Crippen molar-refractivity contribution >= 4 is 17.7 Å². The van der Waals surface area contributed by atoms with Crippen LogP contribution in [0.15, 0.2) is 30.7 Å². The van der Waals surface area contributed by atoms with E-state index in [1.54, 1.807) is 28.8 Å². The molecule has 5 nitrogen and oxygen atoms in total. The number of hydrogen-bond acceptors (Lipinski definition) is 4. The maximum absolute atomic E-state index is 12.1. The molecule has 1 amide bonds. The Bertz CT molecular complexity index is 664. The van der Waals surface area contributed by atoms with Gasteiger partial charge in [-0.05, 0) is 24.5 Å². The molecule has 0 bridgehead atoms. The number of aromatic nitrogens is 3. The van der Waals surface area contributed by atoms with Crippen molar-refractivity contribution < 1.29 is 4.79 Å². The predicted molar refractivity (Wildman–Crippen MR) is 93.0 cm³/mol. The first-order valence-electron chi connectivity index (χ1n) is 8.03. The lowest BCUT2D eigenvalue weighted by Crippen LogP contribution is -2.25. The third-order valence-corrected chi connectivity index (χ3v) is 5.47. The smallest absolute Gasteiger partial charge is 0.230 e. The average Bonchev–Trinajstić information content (AvgIpc) is 3.22. The third-order valence-electron chi connectivity index (χ3n) is 4.10. The Kier molecular flexibility index (Phi) is 5.33. The zero-order valence-electron chi connectivity index (χ0n) is 13.4. The lowest BCUT2D eigenvalue weighted by molar-refractivity contribution is -0.118. The van der Waals surface area contributed by atoms with Crippen LogP contribution in [0.1, 0.15) is 31.2 Å². The SMILES string of the molecule is Cn1cc(-c2ncccc2CNC(=O)CSC2CCCC2)cn1. The highest BCUT2D eigenvalue weighted by Crippen LogP contribution is 2.29. The van der Waals surface area contributed by atoms with Crippen molar-refractivity contribution in [2.45, 2.75) is 37.5 Å². The number of thioether (sulfide) groups is 1. The first kappa shape index (κ1) is 16.1. The van der Waals surface area contributed by atoms with Crippen LogP contribution in [0.2, 0.25) is 0 Å². The van der Waals surface area contributed by atoms with Crippen molar-refractivity contribution in [3.8, 4) is 11.3 Å². The van der Waals surface area contributed by atoms with Crippen LogP contribution in [0.4, 0.5) is 0 Å². The second-order valence-corrected chi connectivity index (χ2v) is 7.20. The Balaban J connectivity index is 1.56. The van der Waals surface area contributed by atoms with Gasteiger partial charge in [-0.25, -0.2) is 0 Å². The van der Waals surface area contributed by atoms with Gasteiger partial charge in [0.1, 0.15) is 0 Å². The van der Waals surface area contributed by atoms with Gasteiger partial charge >= 0.3 is 0 Å². The zero-order valence-corrected chi connectivity index (χ0v) is 14.2. The molecule has 0 unspecified atom stereocenters. The quantitative estimate of drug-likeness (QED) is 0.885. The molecular weight excluding hydrogens is 308 g/mol. The fourth-order valence-corrected chi connectivity index (χ4v) is 4.03.